The molecule has 2 heterocycles. The molecular formula is C15H17FN2O. The van der Waals surface area contributed by atoms with Crippen molar-refractivity contribution in [2.75, 3.05) is 0 Å². The average molecular weight is 260 g/mol. The van der Waals surface area contributed by atoms with Gasteiger partial charge in [0.1, 0.15) is 11.3 Å². The predicted molar refractivity (Wildman–Crippen MR) is 70.2 cm³/mol. The molecular weight excluding hydrogens is 243 g/mol. The molecule has 1 aromatic carbocycles. The Morgan fingerprint density at radius 2 is 2.16 bits per heavy atom. The number of fused-ring (bicyclic) bond motifs is 2. The van der Waals surface area contributed by atoms with Crippen LogP contribution in [0.1, 0.15) is 44.0 Å². The normalized spacial score (nSPS) is 30.7. The first-order chi connectivity index (χ1) is 9.29. The molecule has 2 fully saturated rings. The second-order valence-corrected chi connectivity index (χ2v) is 5.77. The van der Waals surface area contributed by atoms with Crippen molar-refractivity contribution < 1.29 is 8.81 Å². The smallest absolute Gasteiger partial charge is 0.212 e. The lowest BCUT2D eigenvalue weighted by molar-refractivity contribution is 0.325. The van der Waals surface area contributed by atoms with Crippen LogP contribution in [0.5, 0.6) is 0 Å². The van der Waals surface area contributed by atoms with E-state index in [0.717, 1.165) is 18.2 Å². The molecule has 2 aromatic rings. The zero-order valence-corrected chi connectivity index (χ0v) is 10.7. The molecule has 0 bridgehead atoms. The van der Waals surface area contributed by atoms with Crippen molar-refractivity contribution in [3.05, 3.63) is 29.9 Å². The Hall–Kier alpha value is -1.42. The van der Waals surface area contributed by atoms with E-state index in [2.05, 4.69) is 10.3 Å². The lowest BCUT2D eigenvalue weighted by Crippen LogP contribution is -2.30. The van der Waals surface area contributed by atoms with Crippen LogP contribution >= 0.6 is 0 Å². The SMILES string of the molecule is Fc1ccc2oc(C3CC4CCCCC4N3)nc2c1. The molecule has 3 unspecified atom stereocenters. The quantitative estimate of drug-likeness (QED) is 0.852. The number of aromatic nitrogens is 1. The molecule has 100 valence electrons. The second kappa shape index (κ2) is 4.30. The van der Waals surface area contributed by atoms with E-state index in [-0.39, 0.29) is 11.9 Å². The van der Waals surface area contributed by atoms with Crippen LogP contribution in [0.4, 0.5) is 4.39 Å². The van der Waals surface area contributed by atoms with Gasteiger partial charge in [-0.1, -0.05) is 12.8 Å². The van der Waals surface area contributed by atoms with Crippen LogP contribution in [-0.4, -0.2) is 11.0 Å². The van der Waals surface area contributed by atoms with Gasteiger partial charge in [0.15, 0.2) is 5.58 Å². The minimum absolute atomic E-state index is 0.198. The van der Waals surface area contributed by atoms with Gasteiger partial charge in [-0.15, -0.1) is 0 Å². The highest BCUT2D eigenvalue weighted by Crippen LogP contribution is 2.39. The van der Waals surface area contributed by atoms with Gasteiger partial charge in [-0.25, -0.2) is 9.37 Å². The molecule has 0 amide bonds. The molecule has 3 nitrogen and oxygen atoms in total. The molecule has 19 heavy (non-hydrogen) atoms. The Morgan fingerprint density at radius 1 is 1.26 bits per heavy atom. The van der Waals surface area contributed by atoms with E-state index in [9.17, 15) is 4.39 Å². The van der Waals surface area contributed by atoms with Crippen LogP contribution in [-0.2, 0) is 0 Å². The van der Waals surface area contributed by atoms with Crippen molar-refractivity contribution in [3.63, 3.8) is 0 Å². The Morgan fingerprint density at radius 3 is 3.05 bits per heavy atom. The topological polar surface area (TPSA) is 38.1 Å². The van der Waals surface area contributed by atoms with Gasteiger partial charge >= 0.3 is 0 Å². The molecule has 1 aliphatic heterocycles. The Labute approximate surface area is 111 Å². The van der Waals surface area contributed by atoms with Gasteiger partial charge in [-0.2, -0.15) is 0 Å². The zero-order chi connectivity index (χ0) is 12.8. The number of halogens is 1. The highest BCUT2D eigenvalue weighted by molar-refractivity contribution is 5.72. The number of oxazole rings is 1. The van der Waals surface area contributed by atoms with E-state index in [1.54, 1.807) is 6.07 Å². The van der Waals surface area contributed by atoms with Gasteiger partial charge in [-0.3, -0.25) is 0 Å². The van der Waals surface area contributed by atoms with Gasteiger partial charge in [0, 0.05) is 12.1 Å². The minimum atomic E-state index is -0.264. The maximum atomic E-state index is 13.2. The van der Waals surface area contributed by atoms with Crippen LogP contribution in [0.15, 0.2) is 22.6 Å². The molecule has 4 heteroatoms. The Balaban J connectivity index is 1.64. The third-order valence-corrected chi connectivity index (χ3v) is 4.53. The first-order valence-electron chi connectivity index (χ1n) is 7.11. The van der Waals surface area contributed by atoms with Crippen molar-refractivity contribution >= 4 is 11.1 Å². The molecule has 1 N–H and O–H groups in total. The molecule has 4 rings (SSSR count). The second-order valence-electron chi connectivity index (χ2n) is 5.77. The van der Waals surface area contributed by atoms with Gasteiger partial charge in [0.25, 0.3) is 0 Å². The fourth-order valence-corrected chi connectivity index (χ4v) is 3.58. The molecule has 3 atom stereocenters. The summed E-state index contributed by atoms with van der Waals surface area (Å²) in [4.78, 5) is 4.44. The number of hydrogen-bond donors (Lipinski definition) is 1. The van der Waals surface area contributed by atoms with Crippen molar-refractivity contribution in [3.8, 4) is 0 Å². The predicted octanol–water partition coefficient (Wildman–Crippen LogP) is 3.56. The summed E-state index contributed by atoms with van der Waals surface area (Å²) < 4.78 is 18.9. The summed E-state index contributed by atoms with van der Waals surface area (Å²) in [6.45, 7) is 0. The lowest BCUT2D eigenvalue weighted by atomic mass is 9.85. The van der Waals surface area contributed by atoms with Crippen molar-refractivity contribution in [2.24, 2.45) is 5.92 Å². The average Bonchev–Trinajstić information content (AvgIpc) is 3.00. The highest BCUT2D eigenvalue weighted by Gasteiger charge is 2.37. The fraction of sp³-hybridized carbons (Fsp3) is 0.533. The zero-order valence-electron chi connectivity index (χ0n) is 10.7. The lowest BCUT2D eigenvalue weighted by Gasteiger charge is -2.24. The highest BCUT2D eigenvalue weighted by atomic mass is 19.1. The van der Waals surface area contributed by atoms with E-state index in [1.165, 1.54) is 37.8 Å². The first-order valence-corrected chi connectivity index (χ1v) is 7.11. The maximum Gasteiger partial charge on any atom is 0.212 e. The third-order valence-electron chi connectivity index (χ3n) is 4.53. The van der Waals surface area contributed by atoms with Crippen LogP contribution in [0.25, 0.3) is 11.1 Å². The van der Waals surface area contributed by atoms with E-state index in [1.807, 2.05) is 0 Å². The van der Waals surface area contributed by atoms with Crippen molar-refractivity contribution in [2.45, 2.75) is 44.2 Å². The standard InChI is InChI=1S/C15H17FN2O/c16-10-5-6-14-12(8-10)18-15(19-14)13-7-9-3-1-2-4-11(9)17-13/h5-6,8-9,11,13,17H,1-4,7H2. The molecule has 2 aliphatic rings. The van der Waals surface area contributed by atoms with Crippen LogP contribution in [0.2, 0.25) is 0 Å². The summed E-state index contributed by atoms with van der Waals surface area (Å²) in [6.07, 6.45) is 6.33. The monoisotopic (exact) mass is 260 g/mol. The molecule has 1 saturated heterocycles. The summed E-state index contributed by atoms with van der Waals surface area (Å²) in [5.74, 6) is 1.21. The fourth-order valence-electron chi connectivity index (χ4n) is 3.58. The van der Waals surface area contributed by atoms with Gasteiger partial charge in [-0.05, 0) is 37.3 Å². The number of nitrogens with one attached hydrogen (secondary N) is 1. The summed E-state index contributed by atoms with van der Waals surface area (Å²) in [5.41, 5.74) is 1.29. The summed E-state index contributed by atoms with van der Waals surface area (Å²) in [6, 6.07) is 5.32. The molecule has 1 aliphatic carbocycles. The number of hydrogen-bond acceptors (Lipinski definition) is 3. The summed E-state index contributed by atoms with van der Waals surface area (Å²) in [7, 11) is 0. The van der Waals surface area contributed by atoms with E-state index in [0.29, 0.717) is 17.1 Å². The largest absolute Gasteiger partial charge is 0.439 e. The van der Waals surface area contributed by atoms with E-state index in [4.69, 9.17) is 4.42 Å². The molecule has 0 spiro atoms. The molecule has 0 radical (unpaired) electrons. The van der Waals surface area contributed by atoms with Crippen LogP contribution in [0, 0.1) is 11.7 Å². The van der Waals surface area contributed by atoms with Gasteiger partial charge in [0.2, 0.25) is 5.89 Å². The molecule has 1 saturated carbocycles. The van der Waals surface area contributed by atoms with Gasteiger partial charge in [0.05, 0.1) is 6.04 Å². The Bertz CT molecular complexity index is 595. The number of rotatable bonds is 1. The minimum Gasteiger partial charge on any atom is -0.439 e. The molecule has 1 aromatic heterocycles. The van der Waals surface area contributed by atoms with E-state index < -0.39 is 0 Å². The van der Waals surface area contributed by atoms with Crippen molar-refractivity contribution in [1.82, 2.24) is 10.3 Å². The summed E-state index contributed by atoms with van der Waals surface area (Å²) >= 11 is 0. The number of benzene rings is 1. The van der Waals surface area contributed by atoms with Gasteiger partial charge < -0.3 is 9.73 Å². The third kappa shape index (κ3) is 1.94. The maximum absolute atomic E-state index is 13.2. The van der Waals surface area contributed by atoms with Crippen LogP contribution in [0.3, 0.4) is 0 Å². The van der Waals surface area contributed by atoms with Crippen LogP contribution < -0.4 is 5.32 Å². The van der Waals surface area contributed by atoms with E-state index >= 15 is 0 Å². The number of nitrogens with zero attached hydrogens (tertiary/aromatic N) is 1. The Kier molecular flexibility index (Phi) is 2.58. The van der Waals surface area contributed by atoms with Crippen molar-refractivity contribution in [1.29, 1.82) is 0 Å². The first kappa shape index (κ1) is 11.4. The summed E-state index contributed by atoms with van der Waals surface area (Å²) in [5, 5.41) is 3.63.